The summed E-state index contributed by atoms with van der Waals surface area (Å²) in [6.07, 6.45) is 3.91. The molecule has 2 heteroatoms. The predicted molar refractivity (Wildman–Crippen MR) is 58.4 cm³/mol. The van der Waals surface area contributed by atoms with Crippen molar-refractivity contribution in [2.75, 3.05) is 18.0 Å². The van der Waals surface area contributed by atoms with Gasteiger partial charge in [0.05, 0.1) is 6.10 Å². The minimum absolute atomic E-state index is 0.396. The minimum Gasteiger partial charge on any atom is -0.389 e. The molecule has 0 aliphatic carbocycles. The zero-order valence-corrected chi connectivity index (χ0v) is 8.35. The third kappa shape index (κ3) is 1.66. The van der Waals surface area contributed by atoms with Crippen molar-refractivity contribution in [3.05, 3.63) is 42.0 Å². The van der Waals surface area contributed by atoms with E-state index in [1.165, 1.54) is 0 Å². The Morgan fingerprint density at radius 2 is 1.86 bits per heavy atom. The molecule has 0 saturated carbocycles. The highest BCUT2D eigenvalue weighted by atomic mass is 16.3. The maximum absolute atomic E-state index is 9.62. The van der Waals surface area contributed by atoms with Crippen LogP contribution in [0.5, 0.6) is 0 Å². The van der Waals surface area contributed by atoms with E-state index >= 15 is 0 Å². The molecule has 0 spiro atoms. The molecule has 1 unspecified atom stereocenters. The molecule has 1 N–H and O–H groups in total. The lowest BCUT2D eigenvalue weighted by Gasteiger charge is -2.22. The van der Waals surface area contributed by atoms with Crippen LogP contribution in [0.15, 0.2) is 36.4 Å². The molecule has 1 aliphatic heterocycles. The summed E-state index contributed by atoms with van der Waals surface area (Å²) >= 11 is 0. The topological polar surface area (TPSA) is 23.5 Å². The van der Waals surface area contributed by atoms with Crippen LogP contribution in [-0.2, 0) is 0 Å². The number of rotatable bonds is 2. The highest BCUT2D eigenvalue weighted by Crippen LogP contribution is 2.27. The molecule has 0 aromatic heterocycles. The van der Waals surface area contributed by atoms with Gasteiger partial charge in [0.1, 0.15) is 0 Å². The number of para-hydroxylation sites is 1. The van der Waals surface area contributed by atoms with Crippen LogP contribution in [0, 0.1) is 0 Å². The van der Waals surface area contributed by atoms with Crippen LogP contribution in [-0.4, -0.2) is 18.2 Å². The predicted octanol–water partition coefficient (Wildman–Crippen LogP) is 2.12. The maximum atomic E-state index is 9.62. The van der Waals surface area contributed by atoms with Crippen LogP contribution in [0.25, 0.3) is 0 Å². The van der Waals surface area contributed by atoms with Crippen LogP contribution in [0.3, 0.4) is 0 Å². The van der Waals surface area contributed by atoms with E-state index in [4.69, 9.17) is 0 Å². The van der Waals surface area contributed by atoms with Gasteiger partial charge in [-0.25, -0.2) is 0 Å². The van der Waals surface area contributed by atoms with E-state index in [9.17, 15) is 5.11 Å². The zero-order chi connectivity index (χ0) is 9.97. The van der Waals surface area contributed by atoms with Crippen molar-refractivity contribution in [3.8, 4) is 0 Å². The Balaban J connectivity index is 2.31. The second kappa shape index (κ2) is 3.84. The molecule has 2 rings (SSSR count). The fraction of sp³-hybridized carbons (Fsp3) is 0.333. The molecule has 0 bridgehead atoms. The van der Waals surface area contributed by atoms with Crippen LogP contribution in [0.1, 0.15) is 18.6 Å². The van der Waals surface area contributed by atoms with Gasteiger partial charge >= 0.3 is 0 Å². The molecular weight excluding hydrogens is 174 g/mol. The van der Waals surface area contributed by atoms with Crippen molar-refractivity contribution in [1.82, 2.24) is 0 Å². The minimum atomic E-state index is -0.396. The first kappa shape index (κ1) is 9.28. The molecule has 0 radical (unpaired) electrons. The van der Waals surface area contributed by atoms with Crippen molar-refractivity contribution in [1.29, 1.82) is 0 Å². The standard InChI is InChI=1S/C12H15NO/c1-10(14)11-6-2-3-7-12(11)13-8-4-5-9-13/h2-7,10,14H,8-9H2,1H3. The number of hydrogen-bond acceptors (Lipinski definition) is 2. The first-order valence-corrected chi connectivity index (χ1v) is 4.96. The molecule has 1 aromatic carbocycles. The Bertz CT molecular complexity index is 336. The van der Waals surface area contributed by atoms with Gasteiger partial charge in [-0.1, -0.05) is 30.4 Å². The van der Waals surface area contributed by atoms with Gasteiger partial charge in [-0.15, -0.1) is 0 Å². The lowest BCUT2D eigenvalue weighted by atomic mass is 10.1. The second-order valence-corrected chi connectivity index (χ2v) is 3.61. The van der Waals surface area contributed by atoms with Gasteiger partial charge in [-0.3, -0.25) is 0 Å². The summed E-state index contributed by atoms with van der Waals surface area (Å²) in [5.41, 5.74) is 2.16. The quantitative estimate of drug-likeness (QED) is 0.720. The van der Waals surface area contributed by atoms with Crippen LogP contribution in [0.2, 0.25) is 0 Å². The van der Waals surface area contributed by atoms with Gasteiger partial charge in [0, 0.05) is 24.3 Å². The Morgan fingerprint density at radius 3 is 2.50 bits per heavy atom. The fourth-order valence-corrected chi connectivity index (χ4v) is 1.80. The molecule has 1 atom stereocenters. The maximum Gasteiger partial charge on any atom is 0.0781 e. The Morgan fingerprint density at radius 1 is 1.21 bits per heavy atom. The number of nitrogens with zero attached hydrogens (tertiary/aromatic N) is 1. The summed E-state index contributed by atoms with van der Waals surface area (Å²) in [5, 5.41) is 9.62. The van der Waals surface area contributed by atoms with E-state index < -0.39 is 6.10 Å². The van der Waals surface area contributed by atoms with E-state index in [0.717, 1.165) is 24.3 Å². The van der Waals surface area contributed by atoms with E-state index in [1.54, 1.807) is 0 Å². The SMILES string of the molecule is CC(O)c1ccccc1N1CC=CC1. The average Bonchev–Trinajstić information content (AvgIpc) is 2.70. The fourth-order valence-electron chi connectivity index (χ4n) is 1.80. The second-order valence-electron chi connectivity index (χ2n) is 3.61. The molecule has 14 heavy (non-hydrogen) atoms. The van der Waals surface area contributed by atoms with Crippen molar-refractivity contribution in [3.63, 3.8) is 0 Å². The van der Waals surface area contributed by atoms with E-state index in [-0.39, 0.29) is 0 Å². The number of benzene rings is 1. The van der Waals surface area contributed by atoms with Gasteiger partial charge in [-0.05, 0) is 13.0 Å². The normalized spacial score (nSPS) is 17.4. The molecule has 74 valence electrons. The summed E-state index contributed by atoms with van der Waals surface area (Å²) in [7, 11) is 0. The van der Waals surface area contributed by atoms with Crippen LogP contribution < -0.4 is 4.90 Å². The highest BCUT2D eigenvalue weighted by molar-refractivity contribution is 5.56. The molecule has 2 nitrogen and oxygen atoms in total. The number of aliphatic hydroxyl groups is 1. The van der Waals surface area contributed by atoms with Crippen molar-refractivity contribution in [2.45, 2.75) is 13.0 Å². The molecule has 0 saturated heterocycles. The summed E-state index contributed by atoms with van der Waals surface area (Å²) in [5.74, 6) is 0. The Kier molecular flexibility index (Phi) is 2.55. The van der Waals surface area contributed by atoms with Gasteiger partial charge in [-0.2, -0.15) is 0 Å². The largest absolute Gasteiger partial charge is 0.389 e. The Labute approximate surface area is 84.5 Å². The van der Waals surface area contributed by atoms with Gasteiger partial charge in [0.15, 0.2) is 0 Å². The first-order valence-electron chi connectivity index (χ1n) is 4.96. The van der Waals surface area contributed by atoms with Crippen molar-refractivity contribution in [2.24, 2.45) is 0 Å². The summed E-state index contributed by atoms with van der Waals surface area (Å²) < 4.78 is 0. The van der Waals surface area contributed by atoms with E-state index in [1.807, 2.05) is 25.1 Å². The van der Waals surface area contributed by atoms with Crippen LogP contribution >= 0.6 is 0 Å². The summed E-state index contributed by atoms with van der Waals surface area (Å²) in [6, 6.07) is 8.03. The average molecular weight is 189 g/mol. The lowest BCUT2D eigenvalue weighted by Crippen LogP contribution is -2.20. The van der Waals surface area contributed by atoms with Crippen molar-refractivity contribution >= 4 is 5.69 Å². The lowest BCUT2D eigenvalue weighted by molar-refractivity contribution is 0.199. The number of hydrogen-bond donors (Lipinski definition) is 1. The summed E-state index contributed by atoms with van der Waals surface area (Å²) in [6.45, 7) is 3.70. The van der Waals surface area contributed by atoms with Gasteiger partial charge in [0.25, 0.3) is 0 Å². The molecule has 1 aromatic rings. The van der Waals surface area contributed by atoms with Gasteiger partial charge in [0.2, 0.25) is 0 Å². The highest BCUT2D eigenvalue weighted by Gasteiger charge is 2.13. The smallest absolute Gasteiger partial charge is 0.0781 e. The third-order valence-electron chi connectivity index (χ3n) is 2.55. The number of aliphatic hydroxyl groups excluding tert-OH is 1. The zero-order valence-electron chi connectivity index (χ0n) is 8.35. The number of anilines is 1. The molecule has 1 aliphatic rings. The Hall–Kier alpha value is -1.28. The van der Waals surface area contributed by atoms with E-state index in [0.29, 0.717) is 0 Å². The van der Waals surface area contributed by atoms with Crippen molar-refractivity contribution < 1.29 is 5.11 Å². The van der Waals surface area contributed by atoms with Crippen LogP contribution in [0.4, 0.5) is 5.69 Å². The van der Waals surface area contributed by atoms with Gasteiger partial charge < -0.3 is 10.0 Å². The molecule has 0 fully saturated rings. The van der Waals surface area contributed by atoms with E-state index in [2.05, 4.69) is 23.1 Å². The molecule has 0 amide bonds. The molecular formula is C12H15NO. The first-order chi connectivity index (χ1) is 6.79. The summed E-state index contributed by atoms with van der Waals surface area (Å²) in [4.78, 5) is 2.25. The molecule has 1 heterocycles. The monoisotopic (exact) mass is 189 g/mol. The third-order valence-corrected chi connectivity index (χ3v) is 2.55.